The highest BCUT2D eigenvalue weighted by molar-refractivity contribution is 7.13. The van der Waals surface area contributed by atoms with Gasteiger partial charge in [-0.2, -0.15) is 0 Å². The fraction of sp³-hybridized carbons (Fsp3) is 0.0526. The molecule has 134 valence electrons. The van der Waals surface area contributed by atoms with Gasteiger partial charge in [-0.25, -0.2) is 14.7 Å². The van der Waals surface area contributed by atoms with Crippen molar-refractivity contribution in [3.05, 3.63) is 72.1 Å². The van der Waals surface area contributed by atoms with Crippen LogP contribution < -0.4 is 26.9 Å². The van der Waals surface area contributed by atoms with Crippen molar-refractivity contribution in [3.63, 3.8) is 0 Å². The normalized spacial score (nSPS) is 10.0. The first-order chi connectivity index (χ1) is 12.1. The largest absolute Gasteiger partial charge is 1.00 e. The summed E-state index contributed by atoms with van der Waals surface area (Å²) in [6.07, 6.45) is 1.81. The Labute approximate surface area is 165 Å². The maximum absolute atomic E-state index is 11.2. The molecule has 0 amide bonds. The van der Waals surface area contributed by atoms with E-state index < -0.39 is 5.97 Å². The molecule has 0 radical (unpaired) electrons. The van der Waals surface area contributed by atoms with Crippen LogP contribution in [0.15, 0.2) is 66.6 Å². The third kappa shape index (κ3) is 4.12. The Kier molecular flexibility index (Phi) is 6.54. The highest BCUT2D eigenvalue weighted by atomic mass is 79.9. The minimum Gasteiger partial charge on any atom is -1.00 e. The van der Waals surface area contributed by atoms with Crippen molar-refractivity contribution in [1.29, 1.82) is 0 Å². The third-order valence-electron chi connectivity index (χ3n) is 3.68. The van der Waals surface area contributed by atoms with E-state index in [1.807, 2.05) is 41.8 Å². The molecule has 0 aliphatic carbocycles. The number of aromatic carboxylic acids is 1. The highest BCUT2D eigenvalue weighted by Crippen LogP contribution is 2.28. The van der Waals surface area contributed by atoms with E-state index in [-0.39, 0.29) is 28.3 Å². The number of benzene rings is 2. The lowest BCUT2D eigenvalue weighted by Crippen LogP contribution is -3.00. The Morgan fingerprint density at radius 3 is 2.62 bits per heavy atom. The van der Waals surface area contributed by atoms with Crippen molar-refractivity contribution in [2.45, 2.75) is 6.54 Å². The molecule has 0 fully saturated rings. The van der Waals surface area contributed by atoms with Gasteiger partial charge < -0.3 is 27.2 Å². The van der Waals surface area contributed by atoms with E-state index in [0.29, 0.717) is 12.2 Å². The second-order valence-corrected chi connectivity index (χ2v) is 6.21. The maximum atomic E-state index is 11.2. The molecule has 3 aromatic rings. The molecule has 3 rings (SSSR count). The summed E-state index contributed by atoms with van der Waals surface area (Å²) in [5.74, 6) is -1.43. The average molecular weight is 433 g/mol. The molecule has 0 bridgehead atoms. The molecule has 1 heterocycles. The van der Waals surface area contributed by atoms with Crippen LogP contribution in [-0.2, 0) is 6.54 Å². The molecule has 26 heavy (non-hydrogen) atoms. The molecule has 2 aromatic carbocycles. The van der Waals surface area contributed by atoms with Gasteiger partial charge in [-0.15, -0.1) is 0 Å². The van der Waals surface area contributed by atoms with E-state index in [9.17, 15) is 9.90 Å². The van der Waals surface area contributed by atoms with Crippen LogP contribution in [0.1, 0.15) is 10.4 Å². The van der Waals surface area contributed by atoms with Gasteiger partial charge in [0.1, 0.15) is 29.2 Å². The van der Waals surface area contributed by atoms with Crippen molar-refractivity contribution in [2.24, 2.45) is 0 Å². The summed E-state index contributed by atoms with van der Waals surface area (Å²) in [4.78, 5) is 11.2. The lowest BCUT2D eigenvalue weighted by Gasteiger charge is -2.05. The molecular weight excluding hydrogens is 416 g/mol. The molecule has 0 unspecified atom stereocenters. The standard InChI is InChI=1S/C19H16N2O3S.BrH/c1-2-10-21-16(13-6-4-3-5-7-13)12-25-19(21)20-14-8-9-17(22)15(11-14)18(23)24;/h2-9,11-12H,1,10H2,(H2,22,23,24);1H. The number of carboxylic acids is 1. The summed E-state index contributed by atoms with van der Waals surface area (Å²) < 4.78 is 2.07. The van der Waals surface area contributed by atoms with E-state index in [0.717, 1.165) is 16.4 Å². The average Bonchev–Trinajstić information content (AvgIpc) is 3.00. The number of phenols is 1. The zero-order valence-corrected chi connectivity index (χ0v) is 16.1. The minimum absolute atomic E-state index is 0. The molecule has 0 saturated carbocycles. The topological polar surface area (TPSA) is 73.4 Å². The number of aromatic hydroxyl groups is 1. The second kappa shape index (κ2) is 8.64. The predicted octanol–water partition coefficient (Wildman–Crippen LogP) is 1.04. The molecule has 0 spiro atoms. The quantitative estimate of drug-likeness (QED) is 0.309. The fourth-order valence-corrected chi connectivity index (χ4v) is 3.46. The Hall–Kier alpha value is -2.64. The van der Waals surface area contributed by atoms with Crippen LogP contribution in [0.2, 0.25) is 0 Å². The number of hydrogen-bond donors (Lipinski definition) is 3. The van der Waals surface area contributed by atoms with Crippen molar-refractivity contribution in [3.8, 4) is 17.0 Å². The van der Waals surface area contributed by atoms with Crippen LogP contribution in [0, 0.1) is 0 Å². The first-order valence-electron chi connectivity index (χ1n) is 7.61. The minimum atomic E-state index is -1.17. The molecule has 0 aliphatic heterocycles. The number of allylic oxidation sites excluding steroid dienone is 1. The number of nitrogens with zero attached hydrogens (tertiary/aromatic N) is 1. The number of halogens is 1. The highest BCUT2D eigenvalue weighted by Gasteiger charge is 2.20. The second-order valence-electron chi connectivity index (χ2n) is 5.35. The molecular formula is C19H17BrN2O3S. The van der Waals surface area contributed by atoms with Crippen LogP contribution in [0.25, 0.3) is 11.3 Å². The number of carboxylic acid groups (broad SMARTS) is 1. The predicted molar refractivity (Wildman–Crippen MR) is 98.5 cm³/mol. The van der Waals surface area contributed by atoms with Crippen LogP contribution in [0.4, 0.5) is 10.8 Å². The lowest BCUT2D eigenvalue weighted by atomic mass is 10.1. The maximum Gasteiger partial charge on any atom is 0.339 e. The van der Waals surface area contributed by atoms with Crippen LogP contribution in [-0.4, -0.2) is 16.2 Å². The van der Waals surface area contributed by atoms with Crippen molar-refractivity contribution in [1.82, 2.24) is 0 Å². The van der Waals surface area contributed by atoms with E-state index >= 15 is 0 Å². The molecule has 0 aliphatic rings. The van der Waals surface area contributed by atoms with Crippen molar-refractivity contribution >= 4 is 28.1 Å². The first-order valence-corrected chi connectivity index (χ1v) is 8.49. The SMILES string of the molecule is C=CC[n+]1c(-c2ccccc2)csc1Nc1ccc(O)c(C(=O)O)c1.[Br-]. The van der Waals surface area contributed by atoms with Crippen LogP contribution in [0.3, 0.4) is 0 Å². The van der Waals surface area contributed by atoms with Gasteiger partial charge in [0, 0.05) is 17.0 Å². The Balaban J connectivity index is 0.00000243. The summed E-state index contributed by atoms with van der Waals surface area (Å²) in [5.41, 5.74) is 2.59. The number of thiazole rings is 1. The van der Waals surface area contributed by atoms with Crippen LogP contribution >= 0.6 is 11.3 Å². The number of nitrogens with one attached hydrogen (secondary N) is 1. The van der Waals surface area contributed by atoms with E-state index in [4.69, 9.17) is 5.11 Å². The van der Waals surface area contributed by atoms with Crippen molar-refractivity contribution in [2.75, 3.05) is 5.32 Å². The molecule has 5 nitrogen and oxygen atoms in total. The number of rotatable bonds is 6. The van der Waals surface area contributed by atoms with Gasteiger partial charge in [-0.1, -0.05) is 54.3 Å². The Morgan fingerprint density at radius 1 is 1.23 bits per heavy atom. The fourth-order valence-electron chi connectivity index (χ4n) is 2.50. The smallest absolute Gasteiger partial charge is 0.339 e. The zero-order chi connectivity index (χ0) is 17.8. The molecule has 1 aromatic heterocycles. The number of carbonyl (C=O) groups is 1. The number of aromatic nitrogens is 1. The number of hydrogen-bond acceptors (Lipinski definition) is 4. The van der Waals surface area contributed by atoms with Gasteiger partial charge in [0.05, 0.1) is 0 Å². The van der Waals surface area contributed by atoms with Gasteiger partial charge >= 0.3 is 11.1 Å². The Morgan fingerprint density at radius 2 is 1.96 bits per heavy atom. The van der Waals surface area contributed by atoms with Crippen molar-refractivity contribution < 1.29 is 36.6 Å². The summed E-state index contributed by atoms with van der Waals surface area (Å²) in [6.45, 7) is 4.42. The molecule has 0 atom stereocenters. The molecule has 3 N–H and O–H groups in total. The zero-order valence-electron chi connectivity index (χ0n) is 13.7. The molecule has 0 saturated heterocycles. The monoisotopic (exact) mass is 432 g/mol. The van der Waals surface area contributed by atoms with Gasteiger partial charge in [-0.05, 0) is 12.1 Å². The summed E-state index contributed by atoms with van der Waals surface area (Å²) in [6, 6.07) is 14.4. The summed E-state index contributed by atoms with van der Waals surface area (Å²) in [5, 5.41) is 24.9. The number of anilines is 2. The lowest BCUT2D eigenvalue weighted by molar-refractivity contribution is -0.657. The van der Waals surface area contributed by atoms with E-state index in [2.05, 4.69) is 16.5 Å². The van der Waals surface area contributed by atoms with Gasteiger partial charge in [0.2, 0.25) is 0 Å². The molecule has 7 heteroatoms. The van der Waals surface area contributed by atoms with E-state index in [1.54, 1.807) is 6.07 Å². The van der Waals surface area contributed by atoms with Crippen LogP contribution in [0.5, 0.6) is 5.75 Å². The summed E-state index contributed by atoms with van der Waals surface area (Å²) >= 11 is 1.52. The Bertz CT molecular complexity index is 926. The van der Waals surface area contributed by atoms with Gasteiger partial charge in [-0.3, -0.25) is 0 Å². The van der Waals surface area contributed by atoms with Gasteiger partial charge in [0.25, 0.3) is 0 Å². The summed E-state index contributed by atoms with van der Waals surface area (Å²) in [7, 11) is 0. The van der Waals surface area contributed by atoms with Gasteiger partial charge in [0.15, 0.2) is 0 Å². The third-order valence-corrected chi connectivity index (χ3v) is 4.56. The van der Waals surface area contributed by atoms with E-state index in [1.165, 1.54) is 23.5 Å². The first kappa shape index (κ1) is 19.7.